The first-order valence-electron chi connectivity index (χ1n) is 5.95. The number of nitrogen functional groups attached to an aromatic ring is 1. The second kappa shape index (κ2) is 6.00. The quantitative estimate of drug-likeness (QED) is 0.543. The monoisotopic (exact) mass is 303 g/mol. The molecule has 0 unspecified atom stereocenters. The summed E-state index contributed by atoms with van der Waals surface area (Å²) in [5.74, 6) is 6.34. The zero-order valence-electron chi connectivity index (χ0n) is 10.3. The van der Waals surface area contributed by atoms with Crippen LogP contribution in [0.15, 0.2) is 29.2 Å². The fraction of sp³-hybridized carbons (Fsp3) is 0.455. The molecule has 1 fully saturated rings. The summed E-state index contributed by atoms with van der Waals surface area (Å²) >= 11 is 0. The van der Waals surface area contributed by atoms with Crippen LogP contribution in [0.5, 0.6) is 0 Å². The molecule has 0 radical (unpaired) electrons. The Kier molecular flexibility index (Phi) is 4.56. The van der Waals surface area contributed by atoms with Gasteiger partial charge in [0.15, 0.2) is 0 Å². The molecule has 1 aliphatic heterocycles. The molecule has 0 bridgehead atoms. The van der Waals surface area contributed by atoms with E-state index in [0.717, 1.165) is 0 Å². The van der Waals surface area contributed by atoms with Gasteiger partial charge in [0, 0.05) is 34.0 Å². The molecule has 1 saturated heterocycles. The lowest BCUT2D eigenvalue weighted by atomic mass is 10.2. The Morgan fingerprint density at radius 1 is 1.16 bits per heavy atom. The van der Waals surface area contributed by atoms with Crippen LogP contribution < -0.4 is 16.0 Å². The molecule has 0 aliphatic carbocycles. The molecule has 1 heterocycles. The third-order valence-electron chi connectivity index (χ3n) is 3.04. The minimum atomic E-state index is -3.52. The molecular formula is C11H17N3O3S2. The van der Waals surface area contributed by atoms with Crippen LogP contribution in [0.3, 0.4) is 0 Å². The van der Waals surface area contributed by atoms with Crippen molar-refractivity contribution in [3.05, 3.63) is 24.3 Å². The van der Waals surface area contributed by atoms with Crippen molar-refractivity contribution >= 4 is 26.5 Å². The minimum absolute atomic E-state index is 0.130. The van der Waals surface area contributed by atoms with Gasteiger partial charge in [-0.2, -0.15) is 0 Å². The Morgan fingerprint density at radius 2 is 1.74 bits per heavy atom. The van der Waals surface area contributed by atoms with E-state index in [-0.39, 0.29) is 10.9 Å². The Labute approximate surface area is 115 Å². The van der Waals surface area contributed by atoms with E-state index >= 15 is 0 Å². The molecular weight excluding hydrogens is 286 g/mol. The average Bonchev–Trinajstić information content (AvgIpc) is 2.41. The highest BCUT2D eigenvalue weighted by Crippen LogP contribution is 2.16. The van der Waals surface area contributed by atoms with Gasteiger partial charge in [0.25, 0.3) is 0 Å². The van der Waals surface area contributed by atoms with Gasteiger partial charge >= 0.3 is 0 Å². The second-order valence-corrected chi connectivity index (χ2v) is 7.82. The number of hydrogen-bond acceptors (Lipinski definition) is 5. The summed E-state index contributed by atoms with van der Waals surface area (Å²) in [7, 11) is -4.32. The molecule has 1 aliphatic rings. The van der Waals surface area contributed by atoms with Crippen molar-refractivity contribution in [3.63, 3.8) is 0 Å². The van der Waals surface area contributed by atoms with Crippen molar-refractivity contribution in [1.29, 1.82) is 0 Å². The van der Waals surface area contributed by atoms with E-state index in [0.29, 0.717) is 30.0 Å². The molecule has 0 spiro atoms. The van der Waals surface area contributed by atoms with Crippen LogP contribution >= 0.6 is 0 Å². The SMILES string of the molecule is NNc1ccc(S(=O)(=O)NC2CCS(=O)CC2)cc1. The molecule has 2 rings (SSSR count). The molecule has 0 atom stereocenters. The molecule has 1 aromatic rings. The maximum Gasteiger partial charge on any atom is 0.240 e. The summed E-state index contributed by atoms with van der Waals surface area (Å²) < 4.78 is 38.2. The fourth-order valence-corrected chi connectivity index (χ4v) is 4.53. The molecule has 6 nitrogen and oxygen atoms in total. The van der Waals surface area contributed by atoms with Crippen LogP contribution in [0.4, 0.5) is 5.69 Å². The number of hydrogen-bond donors (Lipinski definition) is 3. The number of rotatable bonds is 4. The number of hydrazine groups is 1. The van der Waals surface area contributed by atoms with Gasteiger partial charge in [0.05, 0.1) is 4.90 Å². The van der Waals surface area contributed by atoms with Crippen molar-refractivity contribution in [2.45, 2.75) is 23.8 Å². The van der Waals surface area contributed by atoms with Crippen LogP contribution in [0.1, 0.15) is 12.8 Å². The smallest absolute Gasteiger partial charge is 0.240 e. The first-order chi connectivity index (χ1) is 9.01. The lowest BCUT2D eigenvalue weighted by molar-refractivity contribution is 0.522. The van der Waals surface area contributed by atoms with E-state index in [1.54, 1.807) is 12.1 Å². The summed E-state index contributed by atoms with van der Waals surface area (Å²) in [4.78, 5) is 0.207. The maximum absolute atomic E-state index is 12.1. The molecule has 106 valence electrons. The van der Waals surface area contributed by atoms with Crippen molar-refractivity contribution in [1.82, 2.24) is 4.72 Å². The number of nitrogens with one attached hydrogen (secondary N) is 2. The number of anilines is 1. The minimum Gasteiger partial charge on any atom is -0.324 e. The predicted octanol–water partition coefficient (Wildman–Crippen LogP) is 0.162. The third-order valence-corrected chi connectivity index (χ3v) is 5.96. The van der Waals surface area contributed by atoms with Crippen molar-refractivity contribution in [2.24, 2.45) is 5.84 Å². The van der Waals surface area contributed by atoms with E-state index in [1.165, 1.54) is 12.1 Å². The Balaban J connectivity index is 2.06. The molecule has 4 N–H and O–H groups in total. The summed E-state index contributed by atoms with van der Waals surface area (Å²) in [6.45, 7) is 0. The van der Waals surface area contributed by atoms with Gasteiger partial charge < -0.3 is 5.43 Å². The van der Waals surface area contributed by atoms with Gasteiger partial charge in [-0.05, 0) is 37.1 Å². The molecule has 19 heavy (non-hydrogen) atoms. The highest BCUT2D eigenvalue weighted by Gasteiger charge is 2.23. The Hall–Kier alpha value is -0.960. The summed E-state index contributed by atoms with van der Waals surface area (Å²) in [6, 6.07) is 6.07. The van der Waals surface area contributed by atoms with Crippen LogP contribution in [-0.2, 0) is 20.8 Å². The summed E-state index contributed by atoms with van der Waals surface area (Å²) in [5, 5.41) is 0. The highest BCUT2D eigenvalue weighted by molar-refractivity contribution is 7.89. The summed E-state index contributed by atoms with van der Waals surface area (Å²) in [6.07, 6.45) is 1.24. The zero-order valence-corrected chi connectivity index (χ0v) is 12.0. The van der Waals surface area contributed by atoms with Gasteiger partial charge in [-0.3, -0.25) is 10.1 Å². The fourth-order valence-electron chi connectivity index (χ4n) is 1.93. The first-order valence-corrected chi connectivity index (χ1v) is 8.92. The molecule has 0 aromatic heterocycles. The van der Waals surface area contributed by atoms with Gasteiger partial charge in [-0.1, -0.05) is 0 Å². The first kappa shape index (κ1) is 14.4. The van der Waals surface area contributed by atoms with E-state index in [1.807, 2.05) is 0 Å². The van der Waals surface area contributed by atoms with Crippen molar-refractivity contribution < 1.29 is 12.6 Å². The highest BCUT2D eigenvalue weighted by atomic mass is 32.2. The standard InChI is InChI=1S/C11H17N3O3S2/c12-13-9-1-3-11(4-2-9)19(16,17)14-10-5-7-18(15)8-6-10/h1-4,10,13-14H,5-8,12H2. The molecule has 1 aromatic carbocycles. The van der Waals surface area contributed by atoms with E-state index in [9.17, 15) is 12.6 Å². The maximum atomic E-state index is 12.1. The number of nitrogens with two attached hydrogens (primary N) is 1. The number of sulfonamides is 1. The second-order valence-electron chi connectivity index (χ2n) is 4.41. The Bertz CT molecular complexity index is 547. The van der Waals surface area contributed by atoms with E-state index in [2.05, 4.69) is 10.1 Å². The molecule has 8 heteroatoms. The lowest BCUT2D eigenvalue weighted by Crippen LogP contribution is -2.39. The normalized spacial score (nSPS) is 24.1. The topological polar surface area (TPSA) is 101 Å². The van der Waals surface area contributed by atoms with E-state index < -0.39 is 20.8 Å². The van der Waals surface area contributed by atoms with Crippen molar-refractivity contribution in [2.75, 3.05) is 16.9 Å². The van der Waals surface area contributed by atoms with Crippen molar-refractivity contribution in [3.8, 4) is 0 Å². The van der Waals surface area contributed by atoms with Gasteiger partial charge in [-0.15, -0.1) is 0 Å². The average molecular weight is 303 g/mol. The van der Waals surface area contributed by atoms with Gasteiger partial charge in [0.2, 0.25) is 10.0 Å². The van der Waals surface area contributed by atoms with Crippen LogP contribution in [-0.4, -0.2) is 30.2 Å². The van der Waals surface area contributed by atoms with Gasteiger partial charge in [0.1, 0.15) is 0 Å². The third kappa shape index (κ3) is 3.75. The summed E-state index contributed by atoms with van der Waals surface area (Å²) in [5.41, 5.74) is 3.09. The van der Waals surface area contributed by atoms with Gasteiger partial charge in [-0.25, -0.2) is 13.1 Å². The van der Waals surface area contributed by atoms with Crippen LogP contribution in [0.2, 0.25) is 0 Å². The van der Waals surface area contributed by atoms with E-state index in [4.69, 9.17) is 5.84 Å². The predicted molar refractivity (Wildman–Crippen MR) is 75.5 cm³/mol. The molecule has 0 amide bonds. The lowest BCUT2D eigenvalue weighted by Gasteiger charge is -2.22. The van der Waals surface area contributed by atoms with Crippen LogP contribution in [0.25, 0.3) is 0 Å². The largest absolute Gasteiger partial charge is 0.324 e. The molecule has 0 saturated carbocycles. The van der Waals surface area contributed by atoms with Crippen LogP contribution in [0, 0.1) is 0 Å². The zero-order chi connectivity index (χ0) is 13.9. The Morgan fingerprint density at radius 3 is 2.26 bits per heavy atom. The number of benzene rings is 1.